The molecule has 0 atom stereocenters. The molecule has 4 rings (SSSR count). The van der Waals surface area contributed by atoms with Crippen LogP contribution in [-0.4, -0.2) is 24.1 Å². The molecule has 168 valence electrons. The van der Waals surface area contributed by atoms with Crippen LogP contribution in [0.15, 0.2) is 82.6 Å². The van der Waals surface area contributed by atoms with Crippen LogP contribution in [0, 0.1) is 13.8 Å². The molecule has 3 aromatic carbocycles. The standard InChI is InChI=1S/C24H22N4O4S/c1-16-7-8-20(13-17(16)2)27-33(31,32)21-11-9-19(10-12-21)26-23(29)15-28-24(30)22-6-4-3-5-18(22)14-25-28/h3-14,27H,15H2,1-2H3,(H,26,29). The minimum atomic E-state index is -3.78. The van der Waals surface area contributed by atoms with Crippen molar-refractivity contribution < 1.29 is 13.2 Å². The van der Waals surface area contributed by atoms with Gasteiger partial charge in [-0.1, -0.05) is 24.3 Å². The number of rotatable bonds is 6. The molecule has 1 amide bonds. The summed E-state index contributed by atoms with van der Waals surface area (Å²) in [5.41, 5.74) is 2.57. The van der Waals surface area contributed by atoms with Crippen molar-refractivity contribution in [2.75, 3.05) is 10.0 Å². The van der Waals surface area contributed by atoms with Crippen LogP contribution < -0.4 is 15.6 Å². The Bertz CT molecular complexity index is 1510. The third-order valence-electron chi connectivity index (χ3n) is 5.26. The van der Waals surface area contributed by atoms with Crippen molar-refractivity contribution in [3.05, 3.63) is 94.4 Å². The first kappa shape index (κ1) is 22.2. The predicted molar refractivity (Wildman–Crippen MR) is 128 cm³/mol. The van der Waals surface area contributed by atoms with Crippen molar-refractivity contribution in [3.8, 4) is 0 Å². The molecular formula is C24H22N4O4S. The number of sulfonamides is 1. The van der Waals surface area contributed by atoms with Crippen LogP contribution in [0.3, 0.4) is 0 Å². The van der Waals surface area contributed by atoms with E-state index in [4.69, 9.17) is 0 Å². The largest absolute Gasteiger partial charge is 0.324 e. The summed E-state index contributed by atoms with van der Waals surface area (Å²) in [5, 5.41) is 7.87. The van der Waals surface area contributed by atoms with E-state index >= 15 is 0 Å². The normalized spacial score (nSPS) is 11.3. The second-order valence-electron chi connectivity index (χ2n) is 7.67. The van der Waals surface area contributed by atoms with Crippen molar-refractivity contribution in [1.82, 2.24) is 9.78 Å². The first-order valence-electron chi connectivity index (χ1n) is 10.2. The number of anilines is 2. The van der Waals surface area contributed by atoms with E-state index in [2.05, 4.69) is 15.1 Å². The Hall–Kier alpha value is -3.98. The zero-order valence-electron chi connectivity index (χ0n) is 18.1. The zero-order valence-corrected chi connectivity index (χ0v) is 18.9. The van der Waals surface area contributed by atoms with Gasteiger partial charge in [0.25, 0.3) is 15.6 Å². The molecule has 2 N–H and O–H groups in total. The molecule has 0 saturated carbocycles. The van der Waals surface area contributed by atoms with Crippen molar-refractivity contribution in [2.24, 2.45) is 0 Å². The smallest absolute Gasteiger partial charge is 0.275 e. The highest BCUT2D eigenvalue weighted by atomic mass is 32.2. The molecule has 8 nitrogen and oxygen atoms in total. The number of hydrogen-bond acceptors (Lipinski definition) is 5. The molecule has 4 aromatic rings. The first-order valence-corrected chi connectivity index (χ1v) is 11.7. The fourth-order valence-corrected chi connectivity index (χ4v) is 4.36. The van der Waals surface area contributed by atoms with Gasteiger partial charge in [-0.25, -0.2) is 13.1 Å². The monoisotopic (exact) mass is 462 g/mol. The van der Waals surface area contributed by atoms with Gasteiger partial charge in [0, 0.05) is 16.8 Å². The van der Waals surface area contributed by atoms with E-state index in [-0.39, 0.29) is 17.0 Å². The van der Waals surface area contributed by atoms with Gasteiger partial charge >= 0.3 is 0 Å². The van der Waals surface area contributed by atoms with Gasteiger partial charge in [-0.05, 0) is 67.4 Å². The van der Waals surface area contributed by atoms with Crippen LogP contribution in [0.5, 0.6) is 0 Å². The van der Waals surface area contributed by atoms with E-state index in [0.717, 1.165) is 15.8 Å². The van der Waals surface area contributed by atoms with E-state index in [0.29, 0.717) is 22.1 Å². The molecule has 1 aromatic heterocycles. The van der Waals surface area contributed by atoms with Gasteiger partial charge in [0.2, 0.25) is 5.91 Å². The molecule has 33 heavy (non-hydrogen) atoms. The van der Waals surface area contributed by atoms with Gasteiger partial charge in [-0.2, -0.15) is 5.10 Å². The zero-order chi connectivity index (χ0) is 23.6. The van der Waals surface area contributed by atoms with E-state index < -0.39 is 15.9 Å². The van der Waals surface area contributed by atoms with Gasteiger partial charge in [0.1, 0.15) is 6.54 Å². The predicted octanol–water partition coefficient (Wildman–Crippen LogP) is 3.45. The van der Waals surface area contributed by atoms with Gasteiger partial charge in [0.05, 0.1) is 16.5 Å². The Balaban J connectivity index is 1.45. The van der Waals surface area contributed by atoms with Crippen molar-refractivity contribution in [2.45, 2.75) is 25.3 Å². The molecule has 0 aliphatic carbocycles. The Labute approximate surface area is 190 Å². The third-order valence-corrected chi connectivity index (χ3v) is 6.66. The number of nitrogens with one attached hydrogen (secondary N) is 2. The first-order chi connectivity index (χ1) is 15.7. The lowest BCUT2D eigenvalue weighted by Crippen LogP contribution is -2.29. The van der Waals surface area contributed by atoms with Crippen LogP contribution in [0.2, 0.25) is 0 Å². The molecule has 0 spiro atoms. The maximum Gasteiger partial charge on any atom is 0.275 e. The van der Waals surface area contributed by atoms with Gasteiger partial charge in [-0.15, -0.1) is 0 Å². The topological polar surface area (TPSA) is 110 Å². The molecule has 0 aliphatic rings. The quantitative estimate of drug-likeness (QED) is 0.456. The average molecular weight is 463 g/mol. The van der Waals surface area contributed by atoms with Crippen LogP contribution in [0.1, 0.15) is 11.1 Å². The van der Waals surface area contributed by atoms with E-state index in [9.17, 15) is 18.0 Å². The number of fused-ring (bicyclic) bond motifs is 1. The molecule has 1 heterocycles. The lowest BCUT2D eigenvalue weighted by atomic mass is 10.1. The number of carbonyl (C=O) groups is 1. The van der Waals surface area contributed by atoms with Crippen LogP contribution in [0.4, 0.5) is 11.4 Å². The van der Waals surface area contributed by atoms with E-state index in [1.807, 2.05) is 26.0 Å². The Morgan fingerprint density at radius 3 is 2.36 bits per heavy atom. The van der Waals surface area contributed by atoms with Gasteiger partial charge < -0.3 is 5.32 Å². The fourth-order valence-electron chi connectivity index (χ4n) is 3.31. The minimum absolute atomic E-state index is 0.0612. The lowest BCUT2D eigenvalue weighted by molar-refractivity contribution is -0.117. The number of carbonyl (C=O) groups excluding carboxylic acids is 1. The third kappa shape index (κ3) is 4.93. The van der Waals surface area contributed by atoms with E-state index in [1.165, 1.54) is 30.5 Å². The second-order valence-corrected chi connectivity index (χ2v) is 9.35. The summed E-state index contributed by atoms with van der Waals surface area (Å²) in [4.78, 5) is 25.0. The van der Waals surface area contributed by atoms with Gasteiger partial charge in [0.15, 0.2) is 0 Å². The number of nitrogens with zero attached hydrogens (tertiary/aromatic N) is 2. The maximum absolute atomic E-state index is 12.7. The van der Waals surface area contributed by atoms with E-state index in [1.54, 1.807) is 30.3 Å². The summed E-state index contributed by atoms with van der Waals surface area (Å²) < 4.78 is 29.0. The fraction of sp³-hybridized carbons (Fsp3) is 0.125. The average Bonchev–Trinajstić information content (AvgIpc) is 2.78. The highest BCUT2D eigenvalue weighted by molar-refractivity contribution is 7.92. The molecule has 0 saturated heterocycles. The van der Waals surface area contributed by atoms with Crippen LogP contribution >= 0.6 is 0 Å². The summed E-state index contributed by atoms with van der Waals surface area (Å²) in [6.45, 7) is 3.59. The second kappa shape index (κ2) is 8.87. The Morgan fingerprint density at radius 2 is 1.64 bits per heavy atom. The molecule has 0 radical (unpaired) electrons. The summed E-state index contributed by atoms with van der Waals surface area (Å²) in [6, 6.07) is 18.1. The molecule has 0 bridgehead atoms. The van der Waals surface area contributed by atoms with Crippen molar-refractivity contribution >= 4 is 38.1 Å². The minimum Gasteiger partial charge on any atom is -0.324 e. The number of aromatic nitrogens is 2. The SMILES string of the molecule is Cc1ccc(NS(=O)(=O)c2ccc(NC(=O)Cn3ncc4ccccc4c3=O)cc2)cc1C. The molecule has 0 fully saturated rings. The molecule has 0 unspecified atom stereocenters. The summed E-state index contributed by atoms with van der Waals surface area (Å²) in [6.07, 6.45) is 1.53. The molecular weight excluding hydrogens is 440 g/mol. The number of benzene rings is 3. The Kier molecular flexibility index (Phi) is 5.97. The van der Waals surface area contributed by atoms with Crippen LogP contribution in [0.25, 0.3) is 10.8 Å². The van der Waals surface area contributed by atoms with Crippen molar-refractivity contribution in [1.29, 1.82) is 0 Å². The number of amides is 1. The molecule has 0 aliphatic heterocycles. The highest BCUT2D eigenvalue weighted by Gasteiger charge is 2.15. The van der Waals surface area contributed by atoms with Gasteiger partial charge in [-0.3, -0.25) is 14.3 Å². The number of aryl methyl sites for hydroxylation is 2. The Morgan fingerprint density at radius 1 is 0.939 bits per heavy atom. The number of hydrogen-bond donors (Lipinski definition) is 2. The highest BCUT2D eigenvalue weighted by Crippen LogP contribution is 2.20. The molecule has 9 heteroatoms. The lowest BCUT2D eigenvalue weighted by Gasteiger charge is -2.11. The summed E-state index contributed by atoms with van der Waals surface area (Å²) in [5.74, 6) is -0.455. The van der Waals surface area contributed by atoms with Crippen LogP contribution in [-0.2, 0) is 21.4 Å². The summed E-state index contributed by atoms with van der Waals surface area (Å²) in [7, 11) is -3.78. The maximum atomic E-state index is 12.7. The summed E-state index contributed by atoms with van der Waals surface area (Å²) >= 11 is 0. The van der Waals surface area contributed by atoms with Crippen molar-refractivity contribution in [3.63, 3.8) is 0 Å².